The standard InChI is InChI=1S/C16H13F3IN3O3/c1-3-26-8(2)23-12(16(17,18)19)11(20)13(21-23)22-14(24)9-6-4-5-7-10(9)15(22)25/h4-8H,3H2,1-2H3. The van der Waals surface area contributed by atoms with E-state index < -0.39 is 29.9 Å². The molecule has 10 heteroatoms. The first-order chi connectivity index (χ1) is 12.2. The molecule has 26 heavy (non-hydrogen) atoms. The summed E-state index contributed by atoms with van der Waals surface area (Å²) in [5.41, 5.74) is -0.797. The van der Waals surface area contributed by atoms with E-state index in [4.69, 9.17) is 4.74 Å². The summed E-state index contributed by atoms with van der Waals surface area (Å²) in [6.45, 7) is 3.23. The lowest BCUT2D eigenvalue weighted by Crippen LogP contribution is -2.30. The summed E-state index contributed by atoms with van der Waals surface area (Å²) >= 11 is 1.45. The molecule has 6 nitrogen and oxygen atoms in total. The molecule has 2 heterocycles. The number of hydrogen-bond acceptors (Lipinski definition) is 4. The van der Waals surface area contributed by atoms with E-state index >= 15 is 0 Å². The third kappa shape index (κ3) is 2.90. The van der Waals surface area contributed by atoms with Crippen LogP contribution < -0.4 is 4.90 Å². The van der Waals surface area contributed by atoms with Crippen molar-refractivity contribution in [1.82, 2.24) is 9.78 Å². The Morgan fingerprint density at radius 2 is 1.73 bits per heavy atom. The monoisotopic (exact) mass is 479 g/mol. The zero-order chi connectivity index (χ0) is 19.2. The smallest absolute Gasteiger partial charge is 0.357 e. The van der Waals surface area contributed by atoms with E-state index in [2.05, 4.69) is 5.10 Å². The van der Waals surface area contributed by atoms with Crippen molar-refractivity contribution in [3.05, 3.63) is 44.7 Å². The molecule has 3 rings (SSSR count). The molecular formula is C16H13F3IN3O3. The first-order valence-electron chi connectivity index (χ1n) is 7.63. The average molecular weight is 479 g/mol. The molecule has 0 aliphatic carbocycles. The van der Waals surface area contributed by atoms with Crippen LogP contribution in [0.15, 0.2) is 24.3 Å². The van der Waals surface area contributed by atoms with Crippen LogP contribution in [0.5, 0.6) is 0 Å². The summed E-state index contributed by atoms with van der Waals surface area (Å²) in [5.74, 6) is -1.76. The minimum Gasteiger partial charge on any atom is -0.357 e. The highest BCUT2D eigenvalue weighted by Gasteiger charge is 2.45. The zero-order valence-corrected chi connectivity index (χ0v) is 15.8. The fourth-order valence-corrected chi connectivity index (χ4v) is 3.66. The molecule has 1 aliphatic heterocycles. The first-order valence-corrected chi connectivity index (χ1v) is 8.71. The maximum absolute atomic E-state index is 13.6. The number of rotatable bonds is 4. The van der Waals surface area contributed by atoms with Crippen molar-refractivity contribution in [2.75, 3.05) is 11.5 Å². The second-order valence-electron chi connectivity index (χ2n) is 5.47. The van der Waals surface area contributed by atoms with Crippen LogP contribution in [0.25, 0.3) is 0 Å². The lowest BCUT2D eigenvalue weighted by atomic mass is 10.1. The number of anilines is 1. The van der Waals surface area contributed by atoms with E-state index in [9.17, 15) is 22.8 Å². The second kappa shape index (κ2) is 6.65. The van der Waals surface area contributed by atoms with Gasteiger partial charge < -0.3 is 4.74 Å². The van der Waals surface area contributed by atoms with Gasteiger partial charge in [-0.2, -0.15) is 18.3 Å². The maximum atomic E-state index is 13.6. The number of carbonyl (C=O) groups excluding carboxylic acids is 2. The molecule has 0 N–H and O–H groups in total. The van der Waals surface area contributed by atoms with Gasteiger partial charge >= 0.3 is 6.18 Å². The van der Waals surface area contributed by atoms with Gasteiger partial charge in [-0.05, 0) is 48.6 Å². The van der Waals surface area contributed by atoms with E-state index in [-0.39, 0.29) is 27.1 Å². The maximum Gasteiger partial charge on any atom is 0.434 e. The Kier molecular flexibility index (Phi) is 4.82. The van der Waals surface area contributed by atoms with Gasteiger partial charge in [0.1, 0.15) is 6.23 Å². The first kappa shape index (κ1) is 18.8. The Hall–Kier alpha value is -1.95. The number of alkyl halides is 3. The molecule has 0 radical (unpaired) electrons. The Morgan fingerprint density at radius 1 is 1.19 bits per heavy atom. The number of carbonyl (C=O) groups is 2. The molecule has 0 saturated heterocycles. The molecule has 2 aromatic rings. The van der Waals surface area contributed by atoms with Gasteiger partial charge in [-0.3, -0.25) is 9.59 Å². The third-order valence-electron chi connectivity index (χ3n) is 3.86. The van der Waals surface area contributed by atoms with Gasteiger partial charge in [0, 0.05) is 6.61 Å². The van der Waals surface area contributed by atoms with Gasteiger partial charge in [0.2, 0.25) is 0 Å². The van der Waals surface area contributed by atoms with E-state index in [1.807, 2.05) is 0 Å². The van der Waals surface area contributed by atoms with Gasteiger partial charge in [-0.25, -0.2) is 9.58 Å². The van der Waals surface area contributed by atoms with Crippen LogP contribution in [0.4, 0.5) is 19.0 Å². The Labute approximate surface area is 160 Å². The summed E-state index contributed by atoms with van der Waals surface area (Å²) < 4.78 is 46.2. The second-order valence-corrected chi connectivity index (χ2v) is 6.55. The van der Waals surface area contributed by atoms with Gasteiger partial charge in [0.05, 0.1) is 14.7 Å². The molecule has 138 valence electrons. The van der Waals surface area contributed by atoms with E-state index in [1.54, 1.807) is 19.1 Å². The van der Waals surface area contributed by atoms with E-state index in [1.165, 1.54) is 41.6 Å². The van der Waals surface area contributed by atoms with Gasteiger partial charge in [-0.15, -0.1) is 0 Å². The molecule has 1 atom stereocenters. The number of nitrogens with zero attached hydrogens (tertiary/aromatic N) is 3. The van der Waals surface area contributed by atoms with Crippen molar-refractivity contribution >= 4 is 40.2 Å². The molecule has 1 aliphatic rings. The normalized spacial score (nSPS) is 15.5. The van der Waals surface area contributed by atoms with Crippen molar-refractivity contribution in [3.8, 4) is 0 Å². The number of aromatic nitrogens is 2. The third-order valence-corrected chi connectivity index (χ3v) is 4.86. The average Bonchev–Trinajstić information content (AvgIpc) is 3.03. The topological polar surface area (TPSA) is 64.4 Å². The summed E-state index contributed by atoms with van der Waals surface area (Å²) in [5, 5.41) is 3.91. The van der Waals surface area contributed by atoms with Crippen LogP contribution in [-0.2, 0) is 10.9 Å². The highest BCUT2D eigenvalue weighted by atomic mass is 127. The van der Waals surface area contributed by atoms with Crippen LogP contribution >= 0.6 is 22.6 Å². The van der Waals surface area contributed by atoms with Crippen LogP contribution in [0, 0.1) is 3.57 Å². The lowest BCUT2D eigenvalue weighted by molar-refractivity contribution is -0.150. The van der Waals surface area contributed by atoms with Crippen molar-refractivity contribution in [3.63, 3.8) is 0 Å². The molecule has 0 fully saturated rings. The Morgan fingerprint density at radius 3 is 2.19 bits per heavy atom. The van der Waals surface area contributed by atoms with E-state index in [0.29, 0.717) is 9.58 Å². The predicted molar refractivity (Wildman–Crippen MR) is 93.9 cm³/mol. The molecule has 1 aromatic heterocycles. The van der Waals surface area contributed by atoms with Crippen LogP contribution in [0.2, 0.25) is 0 Å². The number of hydrogen-bond donors (Lipinski definition) is 0. The number of halogens is 4. The van der Waals surface area contributed by atoms with Crippen molar-refractivity contribution in [2.24, 2.45) is 0 Å². The number of fused-ring (bicyclic) bond motifs is 1. The van der Waals surface area contributed by atoms with Gasteiger partial charge in [0.15, 0.2) is 11.5 Å². The number of ether oxygens (including phenoxy) is 1. The molecule has 0 spiro atoms. The quantitative estimate of drug-likeness (QED) is 0.494. The Bertz CT molecular complexity index is 860. The SMILES string of the molecule is CCOC(C)n1nc(N2C(=O)c3ccccc3C2=O)c(I)c1C(F)(F)F. The number of imide groups is 1. The van der Waals surface area contributed by atoms with Gasteiger partial charge in [0.25, 0.3) is 11.8 Å². The summed E-state index contributed by atoms with van der Waals surface area (Å²) in [6, 6.07) is 6.06. The zero-order valence-electron chi connectivity index (χ0n) is 13.7. The summed E-state index contributed by atoms with van der Waals surface area (Å²) in [6.07, 6.45) is -5.75. The largest absolute Gasteiger partial charge is 0.434 e. The number of benzene rings is 1. The number of amides is 2. The van der Waals surface area contributed by atoms with Crippen molar-refractivity contribution in [1.29, 1.82) is 0 Å². The fraction of sp³-hybridized carbons (Fsp3) is 0.312. The fourth-order valence-electron chi connectivity index (χ4n) is 2.76. The van der Waals surface area contributed by atoms with E-state index in [0.717, 1.165) is 0 Å². The molecule has 2 amide bonds. The highest BCUT2D eigenvalue weighted by Crippen LogP contribution is 2.40. The minimum atomic E-state index is -4.73. The highest BCUT2D eigenvalue weighted by molar-refractivity contribution is 14.1. The van der Waals surface area contributed by atoms with Crippen molar-refractivity contribution in [2.45, 2.75) is 26.3 Å². The molecule has 0 bridgehead atoms. The lowest BCUT2D eigenvalue weighted by Gasteiger charge is -2.16. The minimum absolute atomic E-state index is 0.134. The Balaban J connectivity index is 2.16. The summed E-state index contributed by atoms with van der Waals surface area (Å²) in [4.78, 5) is 25.8. The molecule has 1 unspecified atom stereocenters. The van der Waals surface area contributed by atoms with Crippen LogP contribution in [-0.4, -0.2) is 28.2 Å². The molecular weight excluding hydrogens is 466 g/mol. The van der Waals surface area contributed by atoms with Crippen molar-refractivity contribution < 1.29 is 27.5 Å². The van der Waals surface area contributed by atoms with Crippen LogP contribution in [0.3, 0.4) is 0 Å². The molecule has 0 saturated carbocycles. The summed E-state index contributed by atoms with van der Waals surface area (Å²) in [7, 11) is 0. The predicted octanol–water partition coefficient (Wildman–Crippen LogP) is 3.86. The van der Waals surface area contributed by atoms with Crippen LogP contribution in [0.1, 0.15) is 46.5 Å². The molecule has 1 aromatic carbocycles. The van der Waals surface area contributed by atoms with Gasteiger partial charge in [-0.1, -0.05) is 12.1 Å².